The molecule has 136 valence electrons. The summed E-state index contributed by atoms with van der Waals surface area (Å²) in [5, 5.41) is 10.4. The van der Waals surface area contributed by atoms with E-state index in [0.29, 0.717) is 19.5 Å². The molecule has 1 saturated heterocycles. The summed E-state index contributed by atoms with van der Waals surface area (Å²) in [5.41, 5.74) is 3.26. The van der Waals surface area contributed by atoms with Crippen molar-refractivity contribution in [1.29, 1.82) is 0 Å². The molecule has 6 nitrogen and oxygen atoms in total. The molecule has 0 radical (unpaired) electrons. The van der Waals surface area contributed by atoms with Gasteiger partial charge in [-0.3, -0.25) is 9.69 Å². The number of carbonyl (C=O) groups is 1. The van der Waals surface area contributed by atoms with E-state index in [2.05, 4.69) is 35.0 Å². The van der Waals surface area contributed by atoms with Gasteiger partial charge in [0, 0.05) is 49.8 Å². The number of benzene rings is 1. The number of aliphatic hydroxyl groups excluding tert-OH is 1. The second-order valence-electron chi connectivity index (χ2n) is 6.60. The summed E-state index contributed by atoms with van der Waals surface area (Å²) in [6.07, 6.45) is 2.27. The first-order valence-electron chi connectivity index (χ1n) is 8.92. The number of hydrogen-bond donors (Lipinski definition) is 2. The molecule has 2 heterocycles. The van der Waals surface area contributed by atoms with E-state index in [1.165, 1.54) is 5.56 Å². The van der Waals surface area contributed by atoms with E-state index in [4.69, 9.17) is 4.74 Å². The minimum absolute atomic E-state index is 0.0120. The van der Waals surface area contributed by atoms with Gasteiger partial charge in [0.05, 0.1) is 26.2 Å². The Bertz CT molecular complexity index is 707. The highest BCUT2D eigenvalue weighted by molar-refractivity contribution is 5.89. The Morgan fingerprint density at radius 1 is 1.32 bits per heavy atom. The number of nitrogens with one attached hydrogen (secondary N) is 1. The van der Waals surface area contributed by atoms with Crippen LogP contribution >= 0.6 is 0 Å². The number of aromatic amines is 1. The fourth-order valence-corrected chi connectivity index (χ4v) is 3.29. The third-order valence-corrected chi connectivity index (χ3v) is 4.78. The lowest BCUT2D eigenvalue weighted by molar-refractivity contribution is -0.131. The fraction of sp³-hybridized carbons (Fsp3) is 0.526. The van der Waals surface area contributed by atoms with Crippen LogP contribution in [-0.4, -0.2) is 78.3 Å². The number of fused-ring (bicyclic) bond motifs is 1. The van der Waals surface area contributed by atoms with E-state index in [1.54, 1.807) is 4.90 Å². The van der Waals surface area contributed by atoms with E-state index < -0.39 is 0 Å². The number of aliphatic hydroxyl groups is 1. The zero-order chi connectivity index (χ0) is 17.6. The van der Waals surface area contributed by atoms with Gasteiger partial charge in [0.25, 0.3) is 0 Å². The van der Waals surface area contributed by atoms with Crippen LogP contribution in [0.1, 0.15) is 11.1 Å². The lowest BCUT2D eigenvalue weighted by Gasteiger charge is -2.30. The summed E-state index contributed by atoms with van der Waals surface area (Å²) >= 11 is 0. The molecule has 1 fully saturated rings. The number of nitrogens with zero attached hydrogens (tertiary/aromatic N) is 2. The number of hydrogen-bond acceptors (Lipinski definition) is 4. The van der Waals surface area contributed by atoms with Crippen LogP contribution in [0.2, 0.25) is 0 Å². The van der Waals surface area contributed by atoms with Crippen molar-refractivity contribution in [3.8, 4) is 0 Å². The maximum absolute atomic E-state index is 12.7. The van der Waals surface area contributed by atoms with Crippen LogP contribution in [0.3, 0.4) is 0 Å². The fourth-order valence-electron chi connectivity index (χ4n) is 3.29. The Labute approximate surface area is 148 Å². The van der Waals surface area contributed by atoms with Crippen molar-refractivity contribution in [2.24, 2.45) is 0 Å². The van der Waals surface area contributed by atoms with Crippen LogP contribution in [-0.2, 0) is 16.0 Å². The van der Waals surface area contributed by atoms with Gasteiger partial charge >= 0.3 is 0 Å². The summed E-state index contributed by atoms with van der Waals surface area (Å²) in [7, 11) is 0. The van der Waals surface area contributed by atoms with Crippen molar-refractivity contribution in [2.75, 3.05) is 52.5 Å². The molecule has 0 spiro atoms. The number of H-pyrrole nitrogens is 1. The lowest BCUT2D eigenvalue weighted by atomic mass is 10.1. The summed E-state index contributed by atoms with van der Waals surface area (Å²) < 4.78 is 5.36. The number of aromatic nitrogens is 1. The van der Waals surface area contributed by atoms with Gasteiger partial charge in [-0.15, -0.1) is 0 Å². The Hall–Kier alpha value is -1.89. The lowest BCUT2D eigenvalue weighted by Crippen LogP contribution is -2.44. The number of morpholine rings is 1. The van der Waals surface area contributed by atoms with E-state index in [9.17, 15) is 9.90 Å². The molecular weight excluding hydrogens is 318 g/mol. The third kappa shape index (κ3) is 4.60. The molecule has 0 unspecified atom stereocenters. The molecule has 1 aromatic carbocycles. The maximum atomic E-state index is 12.7. The van der Waals surface area contributed by atoms with Crippen molar-refractivity contribution >= 4 is 16.8 Å². The topological polar surface area (TPSA) is 68.8 Å². The number of rotatable bonds is 7. The molecule has 25 heavy (non-hydrogen) atoms. The van der Waals surface area contributed by atoms with Crippen molar-refractivity contribution in [1.82, 2.24) is 14.8 Å². The Kier molecular flexibility index (Phi) is 6.07. The molecule has 6 heteroatoms. The normalized spacial score (nSPS) is 15.6. The number of amides is 1. The summed E-state index contributed by atoms with van der Waals surface area (Å²) in [4.78, 5) is 20.1. The number of aryl methyl sites for hydroxylation is 1. The van der Waals surface area contributed by atoms with Gasteiger partial charge in [-0.2, -0.15) is 0 Å². The first kappa shape index (κ1) is 17.9. The SMILES string of the molecule is Cc1ccc2c(CC(=O)N(CCO)CCN3CCOCC3)c[nH]c2c1. The van der Waals surface area contributed by atoms with Gasteiger partial charge < -0.3 is 19.7 Å². The maximum Gasteiger partial charge on any atom is 0.227 e. The van der Waals surface area contributed by atoms with Crippen LogP contribution < -0.4 is 0 Å². The van der Waals surface area contributed by atoms with Crippen LogP contribution in [0.4, 0.5) is 0 Å². The van der Waals surface area contributed by atoms with Gasteiger partial charge in [0.2, 0.25) is 5.91 Å². The van der Waals surface area contributed by atoms with E-state index >= 15 is 0 Å². The zero-order valence-corrected chi connectivity index (χ0v) is 14.8. The molecule has 0 saturated carbocycles. The van der Waals surface area contributed by atoms with Gasteiger partial charge in [0.1, 0.15) is 0 Å². The average molecular weight is 345 g/mol. The minimum Gasteiger partial charge on any atom is -0.395 e. The Morgan fingerprint density at radius 2 is 2.12 bits per heavy atom. The van der Waals surface area contributed by atoms with E-state index in [1.807, 2.05) is 6.20 Å². The van der Waals surface area contributed by atoms with Crippen molar-refractivity contribution in [3.05, 3.63) is 35.5 Å². The average Bonchev–Trinajstić information content (AvgIpc) is 3.01. The Balaban J connectivity index is 1.62. The highest BCUT2D eigenvalue weighted by Crippen LogP contribution is 2.20. The highest BCUT2D eigenvalue weighted by Gasteiger charge is 2.18. The number of carbonyl (C=O) groups excluding carboxylic acids is 1. The molecule has 2 aromatic rings. The molecule has 3 rings (SSSR count). The van der Waals surface area contributed by atoms with Gasteiger partial charge in [-0.25, -0.2) is 0 Å². The van der Waals surface area contributed by atoms with E-state index in [-0.39, 0.29) is 12.5 Å². The largest absolute Gasteiger partial charge is 0.395 e. The predicted octanol–water partition coefficient (Wildman–Crippen LogP) is 1.17. The van der Waals surface area contributed by atoms with E-state index in [0.717, 1.165) is 49.3 Å². The van der Waals surface area contributed by atoms with Gasteiger partial charge in [-0.05, 0) is 24.1 Å². The predicted molar refractivity (Wildman–Crippen MR) is 97.7 cm³/mol. The Morgan fingerprint density at radius 3 is 2.88 bits per heavy atom. The molecule has 0 atom stereocenters. The highest BCUT2D eigenvalue weighted by atomic mass is 16.5. The minimum atomic E-state index is -0.0120. The summed E-state index contributed by atoms with van der Waals surface area (Å²) in [6.45, 7) is 7.20. The van der Waals surface area contributed by atoms with Crippen molar-refractivity contribution < 1.29 is 14.6 Å². The second-order valence-corrected chi connectivity index (χ2v) is 6.60. The standard InChI is InChI=1S/C19H27N3O3/c1-15-2-3-17-16(14-20-18(17)12-15)13-19(24)22(6-9-23)5-4-21-7-10-25-11-8-21/h2-3,12,14,20,23H,4-11,13H2,1H3. The number of ether oxygens (including phenoxy) is 1. The summed E-state index contributed by atoms with van der Waals surface area (Å²) in [5.74, 6) is 0.0591. The van der Waals surface area contributed by atoms with Crippen molar-refractivity contribution in [2.45, 2.75) is 13.3 Å². The van der Waals surface area contributed by atoms with Gasteiger partial charge in [-0.1, -0.05) is 12.1 Å². The first-order valence-corrected chi connectivity index (χ1v) is 8.92. The molecule has 0 aliphatic carbocycles. The second kappa shape index (κ2) is 8.47. The molecule has 1 aliphatic heterocycles. The van der Waals surface area contributed by atoms with Crippen LogP contribution in [0.15, 0.2) is 24.4 Å². The molecule has 1 amide bonds. The van der Waals surface area contributed by atoms with Crippen LogP contribution in [0.25, 0.3) is 10.9 Å². The van der Waals surface area contributed by atoms with Crippen LogP contribution in [0, 0.1) is 6.92 Å². The smallest absolute Gasteiger partial charge is 0.227 e. The third-order valence-electron chi connectivity index (χ3n) is 4.78. The molecular formula is C19H27N3O3. The molecule has 1 aromatic heterocycles. The molecule has 1 aliphatic rings. The first-order chi connectivity index (χ1) is 12.2. The molecule has 0 bridgehead atoms. The molecule has 2 N–H and O–H groups in total. The van der Waals surface area contributed by atoms with Crippen molar-refractivity contribution in [3.63, 3.8) is 0 Å². The van der Waals surface area contributed by atoms with Gasteiger partial charge in [0.15, 0.2) is 0 Å². The summed E-state index contributed by atoms with van der Waals surface area (Å²) in [6, 6.07) is 6.22. The van der Waals surface area contributed by atoms with Crippen LogP contribution in [0.5, 0.6) is 0 Å². The quantitative estimate of drug-likeness (QED) is 0.790. The zero-order valence-electron chi connectivity index (χ0n) is 14.8. The monoisotopic (exact) mass is 345 g/mol.